The van der Waals surface area contributed by atoms with Crippen molar-refractivity contribution in [1.82, 2.24) is 15.0 Å². The molecule has 1 aliphatic rings. The number of aromatic nitrogens is 2. The van der Waals surface area contributed by atoms with Crippen LogP contribution in [-0.2, 0) is 6.42 Å². The van der Waals surface area contributed by atoms with Crippen LogP contribution < -0.4 is 0 Å². The topological polar surface area (TPSA) is 59.2 Å². The summed E-state index contributed by atoms with van der Waals surface area (Å²) in [6, 6.07) is 1.90. The van der Waals surface area contributed by atoms with E-state index in [0.717, 1.165) is 42.7 Å². The number of rotatable bonds is 3. The van der Waals surface area contributed by atoms with Crippen LogP contribution >= 0.6 is 11.3 Å². The van der Waals surface area contributed by atoms with Gasteiger partial charge in [0.25, 0.3) is 5.91 Å². The molecule has 112 valence electrons. The van der Waals surface area contributed by atoms with Crippen molar-refractivity contribution < 1.29 is 9.32 Å². The molecule has 0 radical (unpaired) electrons. The minimum absolute atomic E-state index is 0.0828. The van der Waals surface area contributed by atoms with Gasteiger partial charge in [0, 0.05) is 13.0 Å². The molecular formula is C15H19N3O2S. The standard InChI is InChI=1S/C15H19N3O2S/c1-3-12-16-14(20-17-12)11-6-4-5-8-18(11)15(19)13-10(2)7-9-21-13/h7,9,11H,3-6,8H2,1-2H3/t11-/m1/s1. The molecule has 2 aromatic heterocycles. The smallest absolute Gasteiger partial charge is 0.264 e. The molecule has 0 saturated carbocycles. The van der Waals surface area contributed by atoms with E-state index in [1.54, 1.807) is 0 Å². The van der Waals surface area contributed by atoms with E-state index in [1.165, 1.54) is 11.3 Å². The lowest BCUT2D eigenvalue weighted by molar-refractivity contribution is 0.0565. The Hall–Kier alpha value is -1.69. The molecule has 21 heavy (non-hydrogen) atoms. The second kappa shape index (κ2) is 5.97. The highest BCUT2D eigenvalue weighted by Gasteiger charge is 2.33. The van der Waals surface area contributed by atoms with Crippen LogP contribution in [-0.4, -0.2) is 27.5 Å². The van der Waals surface area contributed by atoms with Crippen LogP contribution in [0.25, 0.3) is 0 Å². The molecular weight excluding hydrogens is 286 g/mol. The normalized spacial score (nSPS) is 19.0. The molecule has 1 amide bonds. The van der Waals surface area contributed by atoms with Crippen LogP contribution in [0.4, 0.5) is 0 Å². The lowest BCUT2D eigenvalue weighted by atomic mass is 10.0. The molecule has 1 fully saturated rings. The number of nitrogens with zero attached hydrogens (tertiary/aromatic N) is 3. The molecule has 1 atom stereocenters. The summed E-state index contributed by atoms with van der Waals surface area (Å²) in [5, 5.41) is 5.92. The average molecular weight is 305 g/mol. The van der Waals surface area contributed by atoms with Gasteiger partial charge in [-0.2, -0.15) is 4.98 Å². The number of aryl methyl sites for hydroxylation is 2. The minimum Gasteiger partial charge on any atom is -0.337 e. The number of amides is 1. The maximum absolute atomic E-state index is 12.8. The van der Waals surface area contributed by atoms with Crippen molar-refractivity contribution in [1.29, 1.82) is 0 Å². The molecule has 1 aliphatic heterocycles. The third kappa shape index (κ3) is 2.72. The van der Waals surface area contributed by atoms with Crippen LogP contribution in [0, 0.1) is 6.92 Å². The van der Waals surface area contributed by atoms with Gasteiger partial charge in [0.1, 0.15) is 6.04 Å². The average Bonchev–Trinajstić information content (AvgIpc) is 3.15. The van der Waals surface area contributed by atoms with Gasteiger partial charge in [0.2, 0.25) is 5.89 Å². The second-order valence-corrected chi connectivity index (χ2v) is 6.26. The summed E-state index contributed by atoms with van der Waals surface area (Å²) in [5.74, 6) is 1.37. The summed E-state index contributed by atoms with van der Waals surface area (Å²) in [4.78, 5) is 19.9. The van der Waals surface area contributed by atoms with Crippen LogP contribution in [0.3, 0.4) is 0 Å². The number of thiophene rings is 1. The fourth-order valence-electron chi connectivity index (χ4n) is 2.70. The van der Waals surface area contributed by atoms with Crippen molar-refractivity contribution >= 4 is 17.2 Å². The first-order valence-corrected chi connectivity index (χ1v) is 8.26. The van der Waals surface area contributed by atoms with Crippen molar-refractivity contribution in [2.45, 2.75) is 45.6 Å². The zero-order chi connectivity index (χ0) is 14.8. The van der Waals surface area contributed by atoms with E-state index in [4.69, 9.17) is 4.52 Å². The van der Waals surface area contributed by atoms with Gasteiger partial charge < -0.3 is 9.42 Å². The third-order valence-corrected chi connectivity index (χ3v) is 4.91. The first kappa shape index (κ1) is 14.3. The fraction of sp³-hybridized carbons (Fsp3) is 0.533. The van der Waals surface area contributed by atoms with Gasteiger partial charge in [-0.3, -0.25) is 4.79 Å². The van der Waals surface area contributed by atoms with E-state index in [2.05, 4.69) is 10.1 Å². The monoisotopic (exact) mass is 305 g/mol. The molecule has 5 nitrogen and oxygen atoms in total. The van der Waals surface area contributed by atoms with E-state index >= 15 is 0 Å². The van der Waals surface area contributed by atoms with Gasteiger partial charge in [0.15, 0.2) is 5.82 Å². The summed E-state index contributed by atoms with van der Waals surface area (Å²) in [6.07, 6.45) is 3.75. The third-order valence-electron chi connectivity index (χ3n) is 3.91. The Kier molecular flexibility index (Phi) is 4.05. The van der Waals surface area contributed by atoms with Crippen molar-refractivity contribution in [2.75, 3.05) is 6.54 Å². The molecule has 3 rings (SSSR count). The molecule has 0 unspecified atom stereocenters. The predicted molar refractivity (Wildman–Crippen MR) is 80.4 cm³/mol. The van der Waals surface area contributed by atoms with Gasteiger partial charge >= 0.3 is 0 Å². The molecule has 0 bridgehead atoms. The Morgan fingerprint density at radius 1 is 1.52 bits per heavy atom. The number of likely N-dealkylation sites (tertiary alicyclic amines) is 1. The molecule has 0 aliphatic carbocycles. The highest BCUT2D eigenvalue weighted by Crippen LogP contribution is 2.32. The first-order chi connectivity index (χ1) is 10.2. The van der Waals surface area contributed by atoms with Crippen LogP contribution in [0.2, 0.25) is 0 Å². The van der Waals surface area contributed by atoms with E-state index in [1.807, 2.05) is 30.2 Å². The Labute approximate surface area is 128 Å². The largest absolute Gasteiger partial charge is 0.337 e. The van der Waals surface area contributed by atoms with E-state index in [-0.39, 0.29) is 11.9 Å². The Balaban J connectivity index is 1.87. The van der Waals surface area contributed by atoms with Crippen LogP contribution in [0.1, 0.15) is 59.2 Å². The van der Waals surface area contributed by atoms with Crippen molar-refractivity contribution in [3.63, 3.8) is 0 Å². The summed E-state index contributed by atoms with van der Waals surface area (Å²) >= 11 is 1.50. The molecule has 0 N–H and O–H groups in total. The van der Waals surface area contributed by atoms with Gasteiger partial charge in [0.05, 0.1) is 4.88 Å². The van der Waals surface area contributed by atoms with Crippen LogP contribution in [0.15, 0.2) is 16.0 Å². The molecule has 0 spiro atoms. The number of piperidine rings is 1. The number of carbonyl (C=O) groups is 1. The zero-order valence-electron chi connectivity index (χ0n) is 12.3. The van der Waals surface area contributed by atoms with Crippen LogP contribution in [0.5, 0.6) is 0 Å². The van der Waals surface area contributed by atoms with Gasteiger partial charge in [-0.25, -0.2) is 0 Å². The molecule has 6 heteroatoms. The van der Waals surface area contributed by atoms with Crippen molar-refractivity contribution in [3.05, 3.63) is 33.6 Å². The van der Waals surface area contributed by atoms with Gasteiger partial charge in [-0.1, -0.05) is 12.1 Å². The molecule has 0 aromatic carbocycles. The highest BCUT2D eigenvalue weighted by atomic mass is 32.1. The predicted octanol–water partition coefficient (Wildman–Crippen LogP) is 3.37. The number of carbonyl (C=O) groups excluding carboxylic acids is 1. The lowest BCUT2D eigenvalue weighted by Crippen LogP contribution is -2.38. The molecule has 2 aromatic rings. The molecule has 1 saturated heterocycles. The van der Waals surface area contributed by atoms with Gasteiger partial charge in [-0.05, 0) is 43.2 Å². The maximum atomic E-state index is 12.8. The molecule has 3 heterocycles. The summed E-state index contributed by atoms with van der Waals surface area (Å²) in [5.41, 5.74) is 1.04. The van der Waals surface area contributed by atoms with E-state index < -0.39 is 0 Å². The van der Waals surface area contributed by atoms with E-state index in [0.29, 0.717) is 11.7 Å². The second-order valence-electron chi connectivity index (χ2n) is 5.35. The zero-order valence-corrected chi connectivity index (χ0v) is 13.2. The SMILES string of the molecule is CCc1noc([C@H]2CCCCN2C(=O)c2sccc2C)n1. The maximum Gasteiger partial charge on any atom is 0.264 e. The Morgan fingerprint density at radius 3 is 3.05 bits per heavy atom. The number of hydrogen-bond donors (Lipinski definition) is 0. The highest BCUT2D eigenvalue weighted by molar-refractivity contribution is 7.12. The summed E-state index contributed by atoms with van der Waals surface area (Å²) in [7, 11) is 0. The lowest BCUT2D eigenvalue weighted by Gasteiger charge is -2.33. The summed E-state index contributed by atoms with van der Waals surface area (Å²) in [6.45, 7) is 4.72. The van der Waals surface area contributed by atoms with Crippen molar-refractivity contribution in [3.8, 4) is 0 Å². The summed E-state index contributed by atoms with van der Waals surface area (Å²) < 4.78 is 5.37. The van der Waals surface area contributed by atoms with Gasteiger partial charge in [-0.15, -0.1) is 11.3 Å². The minimum atomic E-state index is -0.0828. The van der Waals surface area contributed by atoms with E-state index in [9.17, 15) is 4.79 Å². The quantitative estimate of drug-likeness (QED) is 0.872. The Morgan fingerprint density at radius 2 is 2.38 bits per heavy atom. The number of hydrogen-bond acceptors (Lipinski definition) is 5. The fourth-order valence-corrected chi connectivity index (χ4v) is 3.58. The first-order valence-electron chi connectivity index (χ1n) is 7.38. The van der Waals surface area contributed by atoms with Crippen molar-refractivity contribution in [2.24, 2.45) is 0 Å². The Bertz CT molecular complexity index is 634.